The van der Waals surface area contributed by atoms with Crippen LogP contribution in [0.2, 0.25) is 0 Å². The summed E-state index contributed by atoms with van der Waals surface area (Å²) in [4.78, 5) is 16.3. The monoisotopic (exact) mass is 432 g/mol. The smallest absolute Gasteiger partial charge is 0.234 e. The second-order valence-corrected chi connectivity index (χ2v) is 7.50. The van der Waals surface area contributed by atoms with Gasteiger partial charge in [0, 0.05) is 23.6 Å². The van der Waals surface area contributed by atoms with Crippen LogP contribution in [0.5, 0.6) is 5.75 Å². The molecule has 0 spiro atoms. The van der Waals surface area contributed by atoms with E-state index in [9.17, 15) is 4.79 Å². The summed E-state index contributed by atoms with van der Waals surface area (Å²) in [5.74, 6) is 7.25. The molecule has 0 radical (unpaired) electrons. The number of benzene rings is 2. The molecule has 8 nitrogen and oxygen atoms in total. The second kappa shape index (κ2) is 9.77. The molecule has 0 fully saturated rings. The predicted molar refractivity (Wildman–Crippen MR) is 120 cm³/mol. The Morgan fingerprint density at radius 1 is 1.03 bits per heavy atom. The number of ether oxygens (including phenoxy) is 1. The van der Waals surface area contributed by atoms with Crippen molar-refractivity contribution in [2.24, 2.45) is 0 Å². The van der Waals surface area contributed by atoms with Crippen molar-refractivity contribution >= 4 is 23.4 Å². The summed E-state index contributed by atoms with van der Waals surface area (Å²) in [6.45, 7) is 0.490. The predicted octanol–water partition coefficient (Wildman–Crippen LogP) is 3.36. The van der Waals surface area contributed by atoms with E-state index >= 15 is 0 Å². The van der Waals surface area contributed by atoms with Gasteiger partial charge in [-0.15, -0.1) is 10.2 Å². The van der Waals surface area contributed by atoms with Crippen LogP contribution in [0, 0.1) is 0 Å². The Balaban J connectivity index is 1.28. The molecular formula is C22H20N6O2S. The molecule has 0 aliphatic rings. The summed E-state index contributed by atoms with van der Waals surface area (Å²) in [7, 11) is 0. The first-order valence-corrected chi connectivity index (χ1v) is 10.5. The van der Waals surface area contributed by atoms with Crippen molar-refractivity contribution in [2.75, 3.05) is 16.9 Å². The molecular weight excluding hydrogens is 412 g/mol. The third-order valence-electron chi connectivity index (χ3n) is 4.30. The van der Waals surface area contributed by atoms with E-state index in [0.29, 0.717) is 23.3 Å². The molecule has 0 saturated heterocycles. The summed E-state index contributed by atoms with van der Waals surface area (Å²) in [5, 5.41) is 11.4. The first-order chi connectivity index (χ1) is 15.2. The quantitative estimate of drug-likeness (QED) is 0.325. The van der Waals surface area contributed by atoms with Crippen molar-refractivity contribution in [1.29, 1.82) is 0 Å². The van der Waals surface area contributed by atoms with E-state index in [1.807, 2.05) is 48.5 Å². The van der Waals surface area contributed by atoms with Gasteiger partial charge in [-0.25, -0.2) is 4.68 Å². The number of pyridine rings is 1. The van der Waals surface area contributed by atoms with Crippen molar-refractivity contribution in [3.63, 3.8) is 0 Å². The lowest BCUT2D eigenvalue weighted by Crippen LogP contribution is -2.16. The third-order valence-corrected chi connectivity index (χ3v) is 5.25. The summed E-state index contributed by atoms with van der Waals surface area (Å²) in [6.07, 6.45) is 3.32. The highest BCUT2D eigenvalue weighted by Crippen LogP contribution is 2.21. The number of nitrogens with two attached hydrogens (primary N) is 1. The number of amides is 1. The fraction of sp³-hybridized carbons (Fsp3) is 0.0909. The Bertz CT molecular complexity index is 1130. The van der Waals surface area contributed by atoms with E-state index in [4.69, 9.17) is 10.6 Å². The summed E-state index contributed by atoms with van der Waals surface area (Å²) >= 11 is 1.21. The van der Waals surface area contributed by atoms with Crippen LogP contribution in [0.3, 0.4) is 0 Å². The summed E-state index contributed by atoms with van der Waals surface area (Å²) in [6, 6.07) is 20.8. The number of nitrogens with one attached hydrogen (secondary N) is 1. The zero-order valence-corrected chi connectivity index (χ0v) is 17.3. The number of nitrogens with zero attached hydrogens (tertiary/aromatic N) is 4. The molecule has 31 heavy (non-hydrogen) atoms. The molecule has 0 saturated carbocycles. The van der Waals surface area contributed by atoms with Gasteiger partial charge in [-0.2, -0.15) is 0 Å². The van der Waals surface area contributed by atoms with Crippen LogP contribution in [-0.2, 0) is 11.4 Å². The summed E-state index contributed by atoms with van der Waals surface area (Å²) in [5.41, 5.74) is 2.53. The molecule has 0 unspecified atom stereocenters. The van der Waals surface area contributed by atoms with Gasteiger partial charge < -0.3 is 15.9 Å². The minimum absolute atomic E-state index is 0.147. The van der Waals surface area contributed by atoms with Gasteiger partial charge in [-0.1, -0.05) is 42.1 Å². The lowest BCUT2D eigenvalue weighted by molar-refractivity contribution is -0.113. The van der Waals surface area contributed by atoms with Crippen LogP contribution in [-0.4, -0.2) is 31.5 Å². The second-order valence-electron chi connectivity index (χ2n) is 6.55. The first-order valence-electron chi connectivity index (χ1n) is 9.49. The topological polar surface area (TPSA) is 108 Å². The van der Waals surface area contributed by atoms with E-state index in [1.165, 1.54) is 16.4 Å². The lowest BCUT2D eigenvalue weighted by Gasteiger charge is -2.08. The van der Waals surface area contributed by atoms with Crippen LogP contribution in [0.4, 0.5) is 5.69 Å². The van der Waals surface area contributed by atoms with Crippen LogP contribution in [0.1, 0.15) is 5.56 Å². The van der Waals surface area contributed by atoms with Crippen molar-refractivity contribution < 1.29 is 9.53 Å². The zero-order chi connectivity index (χ0) is 21.5. The highest BCUT2D eigenvalue weighted by Gasteiger charge is 2.14. The van der Waals surface area contributed by atoms with Gasteiger partial charge in [0.25, 0.3) is 0 Å². The Kier molecular flexibility index (Phi) is 6.44. The van der Waals surface area contributed by atoms with Gasteiger partial charge >= 0.3 is 0 Å². The molecule has 2 heterocycles. The Labute approximate surface area is 183 Å². The number of hydrogen-bond acceptors (Lipinski definition) is 7. The molecule has 0 aliphatic carbocycles. The fourth-order valence-electron chi connectivity index (χ4n) is 2.77. The fourth-order valence-corrected chi connectivity index (χ4v) is 3.43. The van der Waals surface area contributed by atoms with Gasteiger partial charge in [0.1, 0.15) is 12.4 Å². The average molecular weight is 433 g/mol. The number of carbonyl (C=O) groups is 1. The van der Waals surface area contributed by atoms with Crippen molar-refractivity contribution in [1.82, 2.24) is 19.9 Å². The van der Waals surface area contributed by atoms with E-state index < -0.39 is 0 Å². The Morgan fingerprint density at radius 2 is 1.84 bits per heavy atom. The molecule has 0 bridgehead atoms. The molecule has 1 amide bonds. The number of hydrogen-bond donors (Lipinski definition) is 2. The van der Waals surface area contributed by atoms with Crippen LogP contribution >= 0.6 is 11.8 Å². The molecule has 4 rings (SSSR count). The summed E-state index contributed by atoms with van der Waals surface area (Å²) < 4.78 is 7.11. The number of nitrogen functional groups attached to an aromatic ring is 1. The van der Waals surface area contributed by atoms with Gasteiger partial charge in [-0.05, 0) is 42.0 Å². The molecule has 156 valence electrons. The third kappa shape index (κ3) is 5.40. The Morgan fingerprint density at radius 3 is 2.58 bits per heavy atom. The normalized spacial score (nSPS) is 10.6. The maximum Gasteiger partial charge on any atom is 0.234 e. The Hall–Kier alpha value is -3.85. The van der Waals surface area contributed by atoms with E-state index in [0.717, 1.165) is 16.9 Å². The lowest BCUT2D eigenvalue weighted by atomic mass is 10.2. The van der Waals surface area contributed by atoms with E-state index in [-0.39, 0.29) is 11.7 Å². The van der Waals surface area contributed by atoms with Gasteiger partial charge in [0.15, 0.2) is 5.82 Å². The van der Waals surface area contributed by atoms with Gasteiger partial charge in [0.2, 0.25) is 11.1 Å². The first kappa shape index (κ1) is 20.4. The van der Waals surface area contributed by atoms with Crippen molar-refractivity contribution in [2.45, 2.75) is 11.8 Å². The minimum Gasteiger partial charge on any atom is -0.489 e. The SMILES string of the molecule is Nn1c(SCC(=O)Nc2ccc(OCc3ccccc3)cc2)nnc1-c1cccnc1. The van der Waals surface area contributed by atoms with E-state index in [1.54, 1.807) is 30.6 Å². The van der Waals surface area contributed by atoms with Crippen molar-refractivity contribution in [3.8, 4) is 17.1 Å². The number of thioether (sulfide) groups is 1. The largest absolute Gasteiger partial charge is 0.489 e. The average Bonchev–Trinajstić information content (AvgIpc) is 3.19. The highest BCUT2D eigenvalue weighted by atomic mass is 32.2. The standard InChI is InChI=1S/C22H20N6O2S/c23-28-21(17-7-4-12-24-13-17)26-27-22(28)31-15-20(29)25-18-8-10-19(11-9-18)30-14-16-5-2-1-3-6-16/h1-13H,14-15,23H2,(H,25,29). The van der Waals surface area contributed by atoms with Gasteiger partial charge in [0.05, 0.1) is 5.75 Å². The molecule has 4 aromatic rings. The molecule has 2 aromatic carbocycles. The molecule has 0 atom stereocenters. The van der Waals surface area contributed by atoms with Crippen LogP contribution in [0.15, 0.2) is 84.3 Å². The van der Waals surface area contributed by atoms with Crippen LogP contribution in [0.25, 0.3) is 11.4 Å². The number of anilines is 1. The molecule has 3 N–H and O–H groups in total. The van der Waals surface area contributed by atoms with Crippen LogP contribution < -0.4 is 15.9 Å². The maximum atomic E-state index is 12.3. The molecule has 2 aromatic heterocycles. The molecule has 0 aliphatic heterocycles. The van der Waals surface area contributed by atoms with Crippen molar-refractivity contribution in [3.05, 3.63) is 84.7 Å². The van der Waals surface area contributed by atoms with E-state index in [2.05, 4.69) is 20.5 Å². The number of aromatic nitrogens is 4. The number of carbonyl (C=O) groups excluding carboxylic acids is 1. The minimum atomic E-state index is -0.172. The maximum absolute atomic E-state index is 12.3. The van der Waals surface area contributed by atoms with Gasteiger partial charge in [-0.3, -0.25) is 9.78 Å². The zero-order valence-electron chi connectivity index (χ0n) is 16.5. The highest BCUT2D eigenvalue weighted by molar-refractivity contribution is 7.99. The molecule has 9 heteroatoms. The number of rotatable bonds is 8.